The molecular weight excluding hydrogens is 286 g/mol. The summed E-state index contributed by atoms with van der Waals surface area (Å²) in [6, 6.07) is 1.78. The summed E-state index contributed by atoms with van der Waals surface area (Å²) in [5.74, 6) is -0.218. The van der Waals surface area contributed by atoms with Crippen molar-refractivity contribution in [2.45, 2.75) is 20.8 Å². The molecule has 0 bridgehead atoms. The van der Waals surface area contributed by atoms with Gasteiger partial charge in [0.25, 0.3) is 0 Å². The first kappa shape index (κ1) is 17.1. The number of aromatic amines is 1. The maximum absolute atomic E-state index is 11.5. The number of allylic oxidation sites excluding steroid dienone is 6. The largest absolute Gasteiger partial charge is 0.508 e. The number of rotatable bonds is 6. The quantitative estimate of drug-likeness (QED) is 0.448. The zero-order valence-corrected chi connectivity index (χ0v) is 13.2. The molecule has 112 valence electrons. The number of carbonyl (C=O) groups excluding carboxylic acids is 1. The van der Waals surface area contributed by atoms with Crippen LogP contribution in [0, 0.1) is 5.92 Å². The zero-order valence-electron chi connectivity index (χ0n) is 12.4. The Labute approximate surface area is 130 Å². The highest BCUT2D eigenvalue weighted by Crippen LogP contribution is 2.14. The third-order valence-electron chi connectivity index (χ3n) is 2.81. The fourth-order valence-corrected chi connectivity index (χ4v) is 1.59. The average molecular weight is 306 g/mol. The molecule has 4 heteroatoms. The molecule has 0 aliphatic heterocycles. The van der Waals surface area contributed by atoms with Gasteiger partial charge >= 0.3 is 0 Å². The smallest absolute Gasteiger partial charge is 0.161 e. The lowest BCUT2D eigenvalue weighted by molar-refractivity contribution is -0.117. The van der Waals surface area contributed by atoms with Gasteiger partial charge in [-0.2, -0.15) is 0 Å². The molecule has 0 fully saturated rings. The van der Waals surface area contributed by atoms with Gasteiger partial charge in [-0.1, -0.05) is 49.8 Å². The predicted molar refractivity (Wildman–Crippen MR) is 88.3 cm³/mol. The number of nitrogens with one attached hydrogen (secondary N) is 1. The van der Waals surface area contributed by atoms with Gasteiger partial charge in [-0.15, -0.1) is 0 Å². The summed E-state index contributed by atoms with van der Waals surface area (Å²) in [4.78, 5) is 14.5. The van der Waals surface area contributed by atoms with Crippen LogP contribution in [0.4, 0.5) is 0 Å². The van der Waals surface area contributed by atoms with Crippen molar-refractivity contribution in [3.8, 4) is 0 Å². The van der Waals surface area contributed by atoms with Gasteiger partial charge in [0, 0.05) is 18.2 Å². The van der Waals surface area contributed by atoms with E-state index in [2.05, 4.69) is 4.98 Å². The molecular formula is C17H20ClNO2. The first-order valence-electron chi connectivity index (χ1n) is 6.71. The molecule has 0 radical (unpaired) electrons. The minimum absolute atomic E-state index is 0.00487. The van der Waals surface area contributed by atoms with Crippen molar-refractivity contribution in [2.75, 3.05) is 0 Å². The number of H-pyrrole nitrogens is 1. The van der Waals surface area contributed by atoms with Crippen LogP contribution in [0.3, 0.4) is 0 Å². The van der Waals surface area contributed by atoms with E-state index < -0.39 is 0 Å². The highest BCUT2D eigenvalue weighted by atomic mass is 35.5. The minimum Gasteiger partial charge on any atom is -0.508 e. The molecule has 0 aliphatic carbocycles. The van der Waals surface area contributed by atoms with Gasteiger partial charge in [-0.25, -0.2) is 0 Å². The Balaban J connectivity index is 2.63. The van der Waals surface area contributed by atoms with Crippen LogP contribution in [-0.4, -0.2) is 15.9 Å². The molecule has 1 aromatic heterocycles. The molecule has 1 aromatic rings. The second kappa shape index (κ2) is 8.32. The molecule has 0 saturated carbocycles. The maximum atomic E-state index is 11.5. The molecule has 21 heavy (non-hydrogen) atoms. The first-order chi connectivity index (χ1) is 9.91. The molecule has 0 unspecified atom stereocenters. The topological polar surface area (TPSA) is 53.1 Å². The van der Waals surface area contributed by atoms with Gasteiger partial charge < -0.3 is 10.1 Å². The van der Waals surface area contributed by atoms with Crippen molar-refractivity contribution in [3.05, 3.63) is 64.7 Å². The predicted octanol–water partition coefficient (Wildman–Crippen LogP) is 4.85. The van der Waals surface area contributed by atoms with E-state index in [0.717, 1.165) is 5.69 Å². The molecule has 0 saturated heterocycles. The fourth-order valence-electron chi connectivity index (χ4n) is 1.41. The third-order valence-corrected chi connectivity index (χ3v) is 3.14. The molecule has 1 heterocycles. The molecule has 0 spiro atoms. The van der Waals surface area contributed by atoms with Gasteiger partial charge in [0.15, 0.2) is 5.78 Å². The van der Waals surface area contributed by atoms with Crippen LogP contribution in [0.2, 0.25) is 5.02 Å². The second-order valence-electron chi connectivity index (χ2n) is 4.92. The number of hydrogen-bond donors (Lipinski definition) is 2. The average Bonchev–Trinajstić information content (AvgIpc) is 2.83. The SMILES string of the molecule is CC(=CC=CC=Cc1[nH]ccc1Cl)C(O)=CC(=O)C(C)C. The summed E-state index contributed by atoms with van der Waals surface area (Å²) in [5, 5.41) is 10.4. The van der Waals surface area contributed by atoms with E-state index >= 15 is 0 Å². The van der Waals surface area contributed by atoms with Crippen molar-refractivity contribution in [1.29, 1.82) is 0 Å². The van der Waals surface area contributed by atoms with Crippen molar-refractivity contribution < 1.29 is 9.90 Å². The number of carbonyl (C=O) groups is 1. The Morgan fingerprint density at radius 3 is 2.62 bits per heavy atom. The highest BCUT2D eigenvalue weighted by Gasteiger charge is 2.05. The lowest BCUT2D eigenvalue weighted by atomic mass is 10.1. The number of aliphatic hydroxyl groups is 1. The van der Waals surface area contributed by atoms with Crippen molar-refractivity contribution in [2.24, 2.45) is 5.92 Å². The lowest BCUT2D eigenvalue weighted by Gasteiger charge is -2.01. The Morgan fingerprint density at radius 2 is 2.05 bits per heavy atom. The van der Waals surface area contributed by atoms with Crippen LogP contribution in [0.5, 0.6) is 0 Å². The van der Waals surface area contributed by atoms with Crippen LogP contribution >= 0.6 is 11.6 Å². The number of hydrogen-bond acceptors (Lipinski definition) is 2. The van der Waals surface area contributed by atoms with E-state index in [1.165, 1.54) is 6.08 Å². The third kappa shape index (κ3) is 5.88. The lowest BCUT2D eigenvalue weighted by Crippen LogP contribution is -2.04. The molecule has 0 atom stereocenters. The molecule has 1 rings (SSSR count). The molecule has 2 N–H and O–H groups in total. The number of ketones is 1. The molecule has 0 aromatic carbocycles. The fraction of sp³-hybridized carbons (Fsp3) is 0.235. The van der Waals surface area contributed by atoms with Crippen LogP contribution in [0.1, 0.15) is 26.5 Å². The highest BCUT2D eigenvalue weighted by molar-refractivity contribution is 6.31. The Kier molecular flexibility index (Phi) is 6.76. The number of aliphatic hydroxyl groups excluding tert-OH is 1. The van der Waals surface area contributed by atoms with Crippen molar-refractivity contribution in [1.82, 2.24) is 4.98 Å². The summed E-state index contributed by atoms with van der Waals surface area (Å²) < 4.78 is 0. The Morgan fingerprint density at radius 1 is 1.33 bits per heavy atom. The summed E-state index contributed by atoms with van der Waals surface area (Å²) >= 11 is 5.93. The van der Waals surface area contributed by atoms with E-state index in [-0.39, 0.29) is 17.5 Å². The van der Waals surface area contributed by atoms with E-state index in [4.69, 9.17) is 11.6 Å². The molecule has 0 amide bonds. The normalized spacial score (nSPS) is 13.8. The maximum Gasteiger partial charge on any atom is 0.161 e. The molecule has 0 aliphatic rings. The summed E-state index contributed by atoms with van der Waals surface area (Å²) in [6.07, 6.45) is 12.1. The van der Waals surface area contributed by atoms with Crippen LogP contribution in [-0.2, 0) is 4.79 Å². The van der Waals surface area contributed by atoms with E-state index in [1.807, 2.05) is 18.2 Å². The van der Waals surface area contributed by atoms with Gasteiger partial charge in [0.05, 0.1) is 10.7 Å². The van der Waals surface area contributed by atoms with Gasteiger partial charge in [-0.05, 0) is 24.6 Å². The summed E-state index contributed by atoms with van der Waals surface area (Å²) in [7, 11) is 0. The second-order valence-corrected chi connectivity index (χ2v) is 5.33. The van der Waals surface area contributed by atoms with Gasteiger partial charge in [0.2, 0.25) is 0 Å². The van der Waals surface area contributed by atoms with Gasteiger partial charge in [0.1, 0.15) is 5.76 Å². The van der Waals surface area contributed by atoms with Crippen LogP contribution in [0.25, 0.3) is 6.08 Å². The first-order valence-corrected chi connectivity index (χ1v) is 7.09. The number of aromatic nitrogens is 1. The summed E-state index contributed by atoms with van der Waals surface area (Å²) in [6.45, 7) is 5.33. The van der Waals surface area contributed by atoms with Crippen LogP contribution in [0.15, 0.2) is 54.0 Å². The number of halogens is 1. The standard InChI is InChI=1S/C17H20ClNO2/c1-12(2)16(20)11-17(21)13(3)7-5-4-6-8-15-14(18)9-10-19-15/h4-12,19,21H,1-3H3. The van der Waals surface area contributed by atoms with Crippen molar-refractivity contribution >= 4 is 23.5 Å². The zero-order chi connectivity index (χ0) is 15.8. The summed E-state index contributed by atoms with van der Waals surface area (Å²) in [5.41, 5.74) is 1.47. The Bertz CT molecular complexity index is 604. The van der Waals surface area contributed by atoms with Crippen molar-refractivity contribution in [3.63, 3.8) is 0 Å². The minimum atomic E-state index is -0.121. The molecule has 3 nitrogen and oxygen atoms in total. The van der Waals surface area contributed by atoms with E-state index in [9.17, 15) is 9.90 Å². The van der Waals surface area contributed by atoms with E-state index in [0.29, 0.717) is 10.6 Å². The monoisotopic (exact) mass is 305 g/mol. The van der Waals surface area contributed by atoms with E-state index in [1.54, 1.807) is 45.2 Å². The van der Waals surface area contributed by atoms with Crippen LogP contribution < -0.4 is 0 Å². The Hall–Kier alpha value is -2.00. The van der Waals surface area contributed by atoms with Gasteiger partial charge in [-0.3, -0.25) is 4.79 Å².